The second kappa shape index (κ2) is 5.19. The zero-order valence-electron chi connectivity index (χ0n) is 12.1. The van der Waals surface area contributed by atoms with Gasteiger partial charge in [0.05, 0.1) is 13.1 Å². The van der Waals surface area contributed by atoms with Crippen LogP contribution in [-0.2, 0) is 4.79 Å². The predicted molar refractivity (Wildman–Crippen MR) is 87.3 cm³/mol. The van der Waals surface area contributed by atoms with Gasteiger partial charge < -0.3 is 9.80 Å². The van der Waals surface area contributed by atoms with Crippen LogP contribution in [0.25, 0.3) is 0 Å². The number of carbonyl (C=O) groups is 1. The largest absolute Gasteiger partial charge is 0.343 e. The summed E-state index contributed by atoms with van der Waals surface area (Å²) in [5.41, 5.74) is 3.93. The van der Waals surface area contributed by atoms with Gasteiger partial charge >= 0.3 is 0 Å². The summed E-state index contributed by atoms with van der Waals surface area (Å²) in [5, 5.41) is 0. The van der Waals surface area contributed by atoms with Crippen molar-refractivity contribution in [2.45, 2.75) is 0 Å². The standard InChI is InChI=1S/C19H16N2O/c22-19(15-7-9-17-5-1-3-11-20(17)13-15)16-8-10-18-6-2-4-12-21(18)14-16/h1-12H,13-14H2. The van der Waals surface area contributed by atoms with E-state index >= 15 is 0 Å². The first-order valence-electron chi connectivity index (χ1n) is 7.41. The molecule has 0 aromatic rings. The highest BCUT2D eigenvalue weighted by Crippen LogP contribution is 2.25. The first-order valence-corrected chi connectivity index (χ1v) is 7.41. The summed E-state index contributed by atoms with van der Waals surface area (Å²) >= 11 is 0. The number of nitrogens with zero attached hydrogens (tertiary/aromatic N) is 2. The van der Waals surface area contributed by atoms with Gasteiger partial charge in [0.15, 0.2) is 5.78 Å². The SMILES string of the molecule is O=C(C1=CC=C2C=CC=CN2C1)C1=CC=C2C=CC=CN2C1. The van der Waals surface area contributed by atoms with Crippen LogP contribution in [0, 0.1) is 0 Å². The van der Waals surface area contributed by atoms with Gasteiger partial charge in [0.2, 0.25) is 0 Å². The second-order valence-electron chi connectivity index (χ2n) is 5.55. The van der Waals surface area contributed by atoms with Crippen molar-refractivity contribution in [3.63, 3.8) is 0 Å². The molecule has 0 atom stereocenters. The lowest BCUT2D eigenvalue weighted by molar-refractivity contribution is -0.112. The van der Waals surface area contributed by atoms with Gasteiger partial charge in [-0.3, -0.25) is 4.79 Å². The lowest BCUT2D eigenvalue weighted by Crippen LogP contribution is -2.30. The van der Waals surface area contributed by atoms with Crippen LogP contribution in [0.4, 0.5) is 0 Å². The van der Waals surface area contributed by atoms with Crippen molar-refractivity contribution in [3.8, 4) is 0 Å². The predicted octanol–water partition coefficient (Wildman–Crippen LogP) is 2.97. The van der Waals surface area contributed by atoms with Crippen molar-refractivity contribution in [2.75, 3.05) is 13.1 Å². The van der Waals surface area contributed by atoms with E-state index in [0.29, 0.717) is 13.1 Å². The average Bonchev–Trinajstić information content (AvgIpc) is 2.60. The van der Waals surface area contributed by atoms with Crippen LogP contribution in [0.1, 0.15) is 0 Å². The Kier molecular flexibility index (Phi) is 3.04. The van der Waals surface area contributed by atoms with Crippen LogP contribution in [0.3, 0.4) is 0 Å². The van der Waals surface area contributed by atoms with Gasteiger partial charge in [-0.05, 0) is 36.5 Å². The molecule has 0 amide bonds. The first kappa shape index (κ1) is 12.9. The molecular formula is C19H16N2O. The van der Waals surface area contributed by atoms with Gasteiger partial charge in [0.25, 0.3) is 0 Å². The molecule has 22 heavy (non-hydrogen) atoms. The smallest absolute Gasteiger partial charge is 0.188 e. The minimum Gasteiger partial charge on any atom is -0.343 e. The van der Waals surface area contributed by atoms with Crippen molar-refractivity contribution in [1.29, 1.82) is 0 Å². The fourth-order valence-electron chi connectivity index (χ4n) is 2.92. The molecule has 0 fully saturated rings. The molecule has 4 heterocycles. The van der Waals surface area contributed by atoms with E-state index in [-0.39, 0.29) is 5.78 Å². The van der Waals surface area contributed by atoms with Crippen LogP contribution in [-0.4, -0.2) is 28.7 Å². The third kappa shape index (κ3) is 2.21. The topological polar surface area (TPSA) is 23.6 Å². The van der Waals surface area contributed by atoms with Gasteiger partial charge in [0.1, 0.15) is 0 Å². The summed E-state index contributed by atoms with van der Waals surface area (Å²) in [5.74, 6) is 0.136. The zero-order chi connectivity index (χ0) is 14.9. The number of allylic oxidation sites excluding steroid dienone is 10. The minimum absolute atomic E-state index is 0.136. The highest BCUT2D eigenvalue weighted by molar-refractivity contribution is 6.09. The van der Waals surface area contributed by atoms with E-state index in [1.807, 2.05) is 61.0 Å². The molecule has 4 rings (SSSR count). The van der Waals surface area contributed by atoms with Gasteiger partial charge in [-0.2, -0.15) is 0 Å². The Morgan fingerprint density at radius 3 is 1.73 bits per heavy atom. The van der Waals surface area contributed by atoms with Crippen LogP contribution in [0.2, 0.25) is 0 Å². The lowest BCUT2D eigenvalue weighted by atomic mass is 9.96. The Hall–Kier alpha value is -2.81. The number of Topliss-reactive ketones (excluding diaryl/α,β-unsaturated/α-hetero) is 1. The fourth-order valence-corrected chi connectivity index (χ4v) is 2.92. The van der Waals surface area contributed by atoms with E-state index in [4.69, 9.17) is 0 Å². The van der Waals surface area contributed by atoms with Crippen molar-refractivity contribution >= 4 is 5.78 Å². The number of rotatable bonds is 2. The van der Waals surface area contributed by atoms with Crippen LogP contribution in [0.15, 0.2) is 95.7 Å². The molecule has 4 aliphatic rings. The third-order valence-corrected chi connectivity index (χ3v) is 4.13. The maximum absolute atomic E-state index is 12.8. The molecule has 3 heteroatoms. The molecule has 0 saturated heterocycles. The molecule has 0 saturated carbocycles. The molecule has 108 valence electrons. The molecule has 0 unspecified atom stereocenters. The Bertz CT molecular complexity index is 705. The maximum atomic E-state index is 12.8. The van der Waals surface area contributed by atoms with Crippen molar-refractivity contribution in [1.82, 2.24) is 9.80 Å². The maximum Gasteiger partial charge on any atom is 0.188 e. The zero-order valence-corrected chi connectivity index (χ0v) is 12.1. The molecule has 0 aromatic carbocycles. The Morgan fingerprint density at radius 1 is 0.727 bits per heavy atom. The van der Waals surface area contributed by atoms with E-state index in [9.17, 15) is 4.79 Å². The molecule has 0 aliphatic carbocycles. The summed E-state index contributed by atoms with van der Waals surface area (Å²) in [6.07, 6.45) is 24.0. The first-order chi connectivity index (χ1) is 10.8. The Morgan fingerprint density at radius 2 is 1.23 bits per heavy atom. The number of hydrogen-bond acceptors (Lipinski definition) is 3. The van der Waals surface area contributed by atoms with Crippen LogP contribution >= 0.6 is 0 Å². The van der Waals surface area contributed by atoms with Crippen molar-refractivity contribution < 1.29 is 4.79 Å². The molecule has 3 nitrogen and oxygen atoms in total. The molecule has 4 aliphatic heterocycles. The van der Waals surface area contributed by atoms with Gasteiger partial charge in [-0.1, -0.05) is 24.3 Å². The molecule has 0 bridgehead atoms. The number of hydrogen-bond donors (Lipinski definition) is 0. The van der Waals surface area contributed by atoms with Crippen LogP contribution in [0.5, 0.6) is 0 Å². The summed E-state index contributed by atoms with van der Waals surface area (Å²) in [7, 11) is 0. The summed E-state index contributed by atoms with van der Waals surface area (Å²) in [4.78, 5) is 17.0. The number of ketones is 1. The number of carbonyl (C=O) groups excluding carboxylic acids is 1. The lowest BCUT2D eigenvalue weighted by Gasteiger charge is -2.30. The summed E-state index contributed by atoms with van der Waals surface area (Å²) in [6.45, 7) is 1.27. The molecule has 0 spiro atoms. The molecular weight excluding hydrogens is 272 g/mol. The average molecular weight is 288 g/mol. The van der Waals surface area contributed by atoms with Crippen molar-refractivity contribution in [2.24, 2.45) is 0 Å². The molecule has 0 N–H and O–H groups in total. The Labute approximate surface area is 129 Å². The minimum atomic E-state index is 0.136. The van der Waals surface area contributed by atoms with Crippen molar-refractivity contribution in [3.05, 3.63) is 95.7 Å². The quantitative estimate of drug-likeness (QED) is 0.780. The van der Waals surface area contributed by atoms with E-state index in [0.717, 1.165) is 22.5 Å². The van der Waals surface area contributed by atoms with E-state index < -0.39 is 0 Å². The van der Waals surface area contributed by atoms with Gasteiger partial charge in [-0.15, -0.1) is 0 Å². The normalized spacial score (nSPS) is 21.6. The van der Waals surface area contributed by atoms with E-state index in [1.54, 1.807) is 0 Å². The second-order valence-corrected chi connectivity index (χ2v) is 5.55. The van der Waals surface area contributed by atoms with E-state index in [2.05, 4.69) is 22.0 Å². The number of fused-ring (bicyclic) bond motifs is 2. The molecule has 0 radical (unpaired) electrons. The van der Waals surface area contributed by atoms with E-state index in [1.165, 1.54) is 0 Å². The molecule has 0 aromatic heterocycles. The summed E-state index contributed by atoms with van der Waals surface area (Å²) < 4.78 is 0. The fraction of sp³-hybridized carbons (Fsp3) is 0.105. The third-order valence-electron chi connectivity index (χ3n) is 4.13. The highest BCUT2D eigenvalue weighted by atomic mass is 16.1. The van der Waals surface area contributed by atoms with Crippen LogP contribution < -0.4 is 0 Å². The Balaban J connectivity index is 1.58. The monoisotopic (exact) mass is 288 g/mol. The summed E-state index contributed by atoms with van der Waals surface area (Å²) in [6, 6.07) is 0. The highest BCUT2D eigenvalue weighted by Gasteiger charge is 2.23. The van der Waals surface area contributed by atoms with Gasteiger partial charge in [0, 0.05) is 34.9 Å². The van der Waals surface area contributed by atoms with Gasteiger partial charge in [-0.25, -0.2) is 0 Å².